The average molecular weight is 612 g/mol. The van der Waals surface area contributed by atoms with Crippen molar-refractivity contribution in [3.63, 3.8) is 0 Å². The Bertz CT molecular complexity index is 1170. The smallest absolute Gasteiger partial charge is 0.266 e. The molecular weight excluding hydrogens is 598 g/mol. The van der Waals surface area contributed by atoms with Gasteiger partial charge in [0.25, 0.3) is 5.91 Å². The van der Waals surface area contributed by atoms with Crippen LogP contribution < -0.4 is 10.1 Å². The van der Waals surface area contributed by atoms with Crippen LogP contribution in [0.2, 0.25) is 5.02 Å². The number of nitrogens with zero attached hydrogens (tertiary/aromatic N) is 1. The Labute approximate surface area is 205 Å². The maximum absolute atomic E-state index is 13.8. The van der Waals surface area contributed by atoms with E-state index in [1.54, 1.807) is 18.2 Å². The maximum atomic E-state index is 13.8. The molecule has 0 aromatic heterocycles. The first-order valence-electron chi connectivity index (χ1n) is 8.91. The number of nitriles is 1. The standard InChI is InChI=1S/C23H14BrClFIN2O2/c24-18-10-15(9-16(12-28)23(30)29-21-4-2-1-3-20(21)26)11-19(25)22(18)31-13-14-5-7-17(27)8-6-14/h1-11H,13H2,(H,29,30)/b16-9-. The minimum absolute atomic E-state index is 0.00721. The molecule has 3 aromatic carbocycles. The van der Waals surface area contributed by atoms with Crippen molar-refractivity contribution in [2.45, 2.75) is 6.61 Å². The normalized spacial score (nSPS) is 11.0. The Morgan fingerprint density at radius 2 is 1.94 bits per heavy atom. The van der Waals surface area contributed by atoms with Gasteiger partial charge >= 0.3 is 0 Å². The number of halogens is 4. The first-order valence-corrected chi connectivity index (χ1v) is 11.2. The van der Waals surface area contributed by atoms with Crippen molar-refractivity contribution in [1.82, 2.24) is 0 Å². The number of anilines is 1. The van der Waals surface area contributed by atoms with Gasteiger partial charge in [-0.1, -0.05) is 35.9 Å². The van der Waals surface area contributed by atoms with Gasteiger partial charge in [-0.3, -0.25) is 4.79 Å². The lowest BCUT2D eigenvalue weighted by atomic mass is 10.1. The van der Waals surface area contributed by atoms with Gasteiger partial charge in [-0.2, -0.15) is 5.26 Å². The van der Waals surface area contributed by atoms with Gasteiger partial charge < -0.3 is 10.1 Å². The molecule has 3 aromatic rings. The largest absolute Gasteiger partial charge is 0.486 e. The molecule has 0 unspecified atom stereocenters. The molecule has 0 saturated carbocycles. The molecule has 0 heterocycles. The van der Waals surface area contributed by atoms with E-state index in [1.165, 1.54) is 24.3 Å². The van der Waals surface area contributed by atoms with Crippen LogP contribution in [0.25, 0.3) is 6.08 Å². The van der Waals surface area contributed by atoms with Crippen molar-refractivity contribution in [2.24, 2.45) is 0 Å². The first kappa shape index (κ1) is 23.3. The van der Waals surface area contributed by atoms with Crippen LogP contribution >= 0.6 is 50.1 Å². The molecule has 31 heavy (non-hydrogen) atoms. The molecule has 8 heteroatoms. The summed E-state index contributed by atoms with van der Waals surface area (Å²) in [5, 5.41) is 12.1. The average Bonchev–Trinajstić information content (AvgIpc) is 2.74. The van der Waals surface area contributed by atoms with Crippen molar-refractivity contribution >= 4 is 67.8 Å². The molecule has 0 aliphatic rings. The fourth-order valence-corrected chi connectivity index (χ4v) is 3.95. The highest BCUT2D eigenvalue weighted by atomic mass is 127. The first-order chi connectivity index (χ1) is 14.9. The number of benzene rings is 3. The molecule has 0 radical (unpaired) electrons. The number of nitrogens with one attached hydrogen (secondary N) is 1. The second-order valence-corrected chi connectivity index (χ2v) is 8.84. The van der Waals surface area contributed by atoms with Crippen molar-refractivity contribution < 1.29 is 13.9 Å². The van der Waals surface area contributed by atoms with Gasteiger partial charge in [0.05, 0.1) is 15.2 Å². The summed E-state index contributed by atoms with van der Waals surface area (Å²) < 4.78 is 21.3. The van der Waals surface area contributed by atoms with Crippen LogP contribution in [0, 0.1) is 20.7 Å². The van der Waals surface area contributed by atoms with Crippen LogP contribution in [-0.2, 0) is 11.4 Å². The summed E-state index contributed by atoms with van der Waals surface area (Å²) in [6.07, 6.45) is 1.37. The quantitative estimate of drug-likeness (QED) is 0.186. The van der Waals surface area contributed by atoms with Crippen LogP contribution in [0.5, 0.6) is 5.75 Å². The zero-order valence-electron chi connectivity index (χ0n) is 15.8. The SMILES string of the molecule is N#C/C(=C/c1cc(Cl)c(OCc2ccc(I)cc2)c(Br)c1)C(=O)Nc1ccccc1F. The van der Waals surface area contributed by atoms with Crippen molar-refractivity contribution in [3.05, 3.63) is 96.2 Å². The second kappa shape index (κ2) is 10.8. The Balaban J connectivity index is 1.78. The van der Waals surface area contributed by atoms with E-state index >= 15 is 0 Å². The molecule has 0 atom stereocenters. The third-order valence-corrected chi connectivity index (χ3v) is 5.70. The number of hydrogen-bond donors (Lipinski definition) is 1. The highest BCUT2D eigenvalue weighted by Crippen LogP contribution is 2.35. The zero-order valence-corrected chi connectivity index (χ0v) is 20.3. The van der Waals surface area contributed by atoms with Gasteiger partial charge in [0.2, 0.25) is 0 Å². The molecule has 4 nitrogen and oxygen atoms in total. The van der Waals surface area contributed by atoms with E-state index in [4.69, 9.17) is 16.3 Å². The van der Waals surface area contributed by atoms with E-state index < -0.39 is 11.7 Å². The van der Waals surface area contributed by atoms with E-state index in [9.17, 15) is 14.4 Å². The monoisotopic (exact) mass is 610 g/mol. The van der Waals surface area contributed by atoms with Crippen LogP contribution in [0.4, 0.5) is 10.1 Å². The second-order valence-electron chi connectivity index (χ2n) is 6.33. The predicted molar refractivity (Wildman–Crippen MR) is 131 cm³/mol. The lowest BCUT2D eigenvalue weighted by molar-refractivity contribution is -0.112. The molecule has 1 N–H and O–H groups in total. The molecule has 0 spiro atoms. The number of amides is 1. The van der Waals surface area contributed by atoms with Gasteiger partial charge in [0.15, 0.2) is 5.75 Å². The third-order valence-electron chi connectivity index (χ3n) is 4.12. The van der Waals surface area contributed by atoms with Crippen LogP contribution in [0.15, 0.2) is 70.7 Å². The summed E-state index contributed by atoms with van der Waals surface area (Å²) in [5.74, 6) is -0.862. The van der Waals surface area contributed by atoms with Crippen LogP contribution in [-0.4, -0.2) is 5.91 Å². The molecule has 1 amide bonds. The van der Waals surface area contributed by atoms with E-state index in [-0.39, 0.29) is 11.3 Å². The van der Waals surface area contributed by atoms with Gasteiger partial charge in [-0.15, -0.1) is 0 Å². The van der Waals surface area contributed by atoms with E-state index in [1.807, 2.05) is 30.3 Å². The third kappa shape index (κ3) is 6.29. The number of hydrogen-bond acceptors (Lipinski definition) is 3. The van der Waals surface area contributed by atoms with Gasteiger partial charge in [-0.05, 0) is 92.1 Å². The molecule has 0 bridgehead atoms. The molecular formula is C23H14BrClFIN2O2. The topological polar surface area (TPSA) is 62.1 Å². The fraction of sp³-hybridized carbons (Fsp3) is 0.0435. The Hall–Kier alpha value is -2.41. The summed E-state index contributed by atoms with van der Waals surface area (Å²) >= 11 is 12.0. The Kier molecular flexibility index (Phi) is 8.07. The number of para-hydroxylation sites is 1. The van der Waals surface area contributed by atoms with E-state index in [0.717, 1.165) is 9.13 Å². The van der Waals surface area contributed by atoms with Crippen molar-refractivity contribution in [1.29, 1.82) is 5.26 Å². The van der Waals surface area contributed by atoms with Crippen molar-refractivity contribution in [2.75, 3.05) is 5.32 Å². The summed E-state index contributed by atoms with van der Waals surface area (Å²) in [6, 6.07) is 18.7. The maximum Gasteiger partial charge on any atom is 0.266 e. The van der Waals surface area contributed by atoms with E-state index in [0.29, 0.717) is 27.4 Å². The number of carbonyl (C=O) groups excluding carboxylic acids is 1. The van der Waals surface area contributed by atoms with E-state index in [2.05, 4.69) is 43.8 Å². The molecule has 0 aliphatic heterocycles. The predicted octanol–water partition coefficient (Wildman–Crippen LogP) is 6.97. The minimum atomic E-state index is -0.723. The summed E-state index contributed by atoms with van der Waals surface area (Å²) in [7, 11) is 0. The summed E-state index contributed by atoms with van der Waals surface area (Å²) in [4.78, 5) is 12.4. The van der Waals surface area contributed by atoms with Crippen LogP contribution in [0.1, 0.15) is 11.1 Å². The highest BCUT2D eigenvalue weighted by Gasteiger charge is 2.14. The lowest BCUT2D eigenvalue weighted by Gasteiger charge is -2.12. The van der Waals surface area contributed by atoms with Gasteiger partial charge in [-0.25, -0.2) is 4.39 Å². The van der Waals surface area contributed by atoms with Gasteiger partial charge in [0.1, 0.15) is 24.1 Å². The van der Waals surface area contributed by atoms with Crippen molar-refractivity contribution in [3.8, 4) is 11.8 Å². The number of ether oxygens (including phenoxy) is 1. The Morgan fingerprint density at radius 3 is 2.58 bits per heavy atom. The Morgan fingerprint density at radius 1 is 1.23 bits per heavy atom. The number of rotatable bonds is 6. The minimum Gasteiger partial charge on any atom is -0.486 e. The summed E-state index contributed by atoms with van der Waals surface area (Å²) in [5.41, 5.74) is 1.30. The molecule has 156 valence electrons. The molecule has 0 aliphatic carbocycles. The van der Waals surface area contributed by atoms with Gasteiger partial charge in [0, 0.05) is 3.57 Å². The zero-order chi connectivity index (χ0) is 22.4. The lowest BCUT2D eigenvalue weighted by Crippen LogP contribution is -2.14. The molecule has 0 saturated heterocycles. The highest BCUT2D eigenvalue weighted by molar-refractivity contribution is 14.1. The summed E-state index contributed by atoms with van der Waals surface area (Å²) in [6.45, 7) is 0.332. The number of carbonyl (C=O) groups is 1. The molecule has 0 fully saturated rings. The fourth-order valence-electron chi connectivity index (χ4n) is 2.60. The molecule has 3 rings (SSSR count). The van der Waals surface area contributed by atoms with Crippen LogP contribution in [0.3, 0.4) is 0 Å².